The first kappa shape index (κ1) is 20.2. The molecule has 0 heterocycles. The number of ether oxygens (including phenoxy) is 2. The van der Waals surface area contributed by atoms with Gasteiger partial charge in [-0.2, -0.15) is 0 Å². The van der Waals surface area contributed by atoms with Gasteiger partial charge in [0.25, 0.3) is 5.91 Å². The zero-order chi connectivity index (χ0) is 20.0. The lowest BCUT2D eigenvalue weighted by molar-refractivity contribution is -0.145. The number of benzene rings is 2. The van der Waals surface area contributed by atoms with Crippen LogP contribution >= 0.6 is 0 Å². The Hall–Kier alpha value is -3.09. The molecule has 2 N–H and O–H groups in total. The maximum absolute atomic E-state index is 12.2. The van der Waals surface area contributed by atoms with Crippen LogP contribution in [0.4, 0.5) is 0 Å². The first-order chi connectivity index (χ1) is 12.8. The number of amides is 1. The van der Waals surface area contributed by atoms with Crippen LogP contribution in [0, 0.1) is 5.92 Å². The van der Waals surface area contributed by atoms with E-state index in [-0.39, 0.29) is 17.2 Å². The fourth-order valence-electron chi connectivity index (χ4n) is 2.69. The fraction of sp³-hybridized carbons (Fsp3) is 0.350. The van der Waals surface area contributed by atoms with Gasteiger partial charge in [-0.15, -0.1) is 0 Å². The standard InChI is InChI=1S/C20H23NO6/c1-12(2)10-16(20(25)26-3)21-17(22)11-27-19(24)15-9-8-13-6-4-5-7-14(13)18(15)23/h4-9,12,16,23H,10-11H2,1-3H3,(H,21,22)/t16-/m0/s1. The maximum Gasteiger partial charge on any atom is 0.342 e. The second-order valence-electron chi connectivity index (χ2n) is 6.53. The molecule has 0 aromatic heterocycles. The van der Waals surface area contributed by atoms with Gasteiger partial charge in [0.05, 0.1) is 7.11 Å². The summed E-state index contributed by atoms with van der Waals surface area (Å²) in [5.74, 6) is -2.06. The molecule has 0 saturated carbocycles. The highest BCUT2D eigenvalue weighted by Gasteiger charge is 2.23. The van der Waals surface area contributed by atoms with Crippen LogP contribution in [0.1, 0.15) is 30.6 Å². The summed E-state index contributed by atoms with van der Waals surface area (Å²) >= 11 is 0. The maximum atomic E-state index is 12.2. The molecule has 7 nitrogen and oxygen atoms in total. The van der Waals surface area contributed by atoms with Crippen LogP contribution in [-0.2, 0) is 19.1 Å². The van der Waals surface area contributed by atoms with Gasteiger partial charge in [0.1, 0.15) is 17.4 Å². The van der Waals surface area contributed by atoms with Crippen LogP contribution in [0.3, 0.4) is 0 Å². The number of nitrogens with one attached hydrogen (secondary N) is 1. The van der Waals surface area contributed by atoms with Crippen LogP contribution < -0.4 is 5.32 Å². The average Bonchev–Trinajstić information content (AvgIpc) is 2.65. The molecule has 2 aromatic carbocycles. The molecule has 0 bridgehead atoms. The van der Waals surface area contributed by atoms with E-state index in [4.69, 9.17) is 4.74 Å². The second kappa shape index (κ2) is 9.02. The Balaban J connectivity index is 2.01. The molecule has 0 spiro atoms. The first-order valence-corrected chi connectivity index (χ1v) is 8.58. The van der Waals surface area contributed by atoms with Gasteiger partial charge in [0.15, 0.2) is 6.61 Å². The minimum Gasteiger partial charge on any atom is -0.506 e. The molecule has 7 heteroatoms. The fourth-order valence-corrected chi connectivity index (χ4v) is 2.69. The molecule has 1 amide bonds. The summed E-state index contributed by atoms with van der Waals surface area (Å²) in [6, 6.07) is 9.36. The molecule has 144 valence electrons. The van der Waals surface area contributed by atoms with E-state index in [1.165, 1.54) is 13.2 Å². The molecule has 27 heavy (non-hydrogen) atoms. The molecule has 1 atom stereocenters. The Bertz CT molecular complexity index is 845. The Morgan fingerprint density at radius 1 is 1.11 bits per heavy atom. The lowest BCUT2D eigenvalue weighted by Crippen LogP contribution is -2.44. The van der Waals surface area contributed by atoms with Gasteiger partial charge >= 0.3 is 11.9 Å². The van der Waals surface area contributed by atoms with E-state index in [0.29, 0.717) is 11.8 Å². The second-order valence-corrected chi connectivity index (χ2v) is 6.53. The molecule has 0 fully saturated rings. The number of aromatic hydroxyl groups is 1. The molecular formula is C20H23NO6. The minimum atomic E-state index is -0.827. The summed E-state index contributed by atoms with van der Waals surface area (Å²) < 4.78 is 9.65. The molecule has 0 radical (unpaired) electrons. The van der Waals surface area contributed by atoms with Crippen LogP contribution in [-0.4, -0.2) is 42.7 Å². The Labute approximate surface area is 157 Å². The lowest BCUT2D eigenvalue weighted by atomic mass is 10.0. The number of methoxy groups -OCH3 is 1. The number of carbonyl (C=O) groups is 3. The van der Waals surface area contributed by atoms with E-state index in [1.807, 2.05) is 19.9 Å². The van der Waals surface area contributed by atoms with E-state index in [9.17, 15) is 19.5 Å². The van der Waals surface area contributed by atoms with E-state index in [1.54, 1.807) is 24.3 Å². The van der Waals surface area contributed by atoms with Crippen molar-refractivity contribution in [2.75, 3.05) is 13.7 Å². The van der Waals surface area contributed by atoms with Crippen LogP contribution in [0.5, 0.6) is 5.75 Å². The molecule has 2 rings (SSSR count). The highest BCUT2D eigenvalue weighted by atomic mass is 16.5. The monoisotopic (exact) mass is 373 g/mol. The smallest absolute Gasteiger partial charge is 0.342 e. The van der Waals surface area contributed by atoms with Gasteiger partial charge in [-0.3, -0.25) is 4.79 Å². The number of rotatable bonds is 7. The largest absolute Gasteiger partial charge is 0.506 e. The van der Waals surface area contributed by atoms with Crippen molar-refractivity contribution in [3.63, 3.8) is 0 Å². The van der Waals surface area contributed by atoms with Crippen molar-refractivity contribution in [3.8, 4) is 5.75 Å². The predicted molar refractivity (Wildman–Crippen MR) is 99.3 cm³/mol. The topological polar surface area (TPSA) is 102 Å². The molecule has 0 aliphatic carbocycles. The van der Waals surface area contributed by atoms with Gasteiger partial charge in [0.2, 0.25) is 0 Å². The van der Waals surface area contributed by atoms with Crippen molar-refractivity contribution in [1.29, 1.82) is 0 Å². The molecule has 0 saturated heterocycles. The van der Waals surface area contributed by atoms with E-state index in [0.717, 1.165) is 5.39 Å². The zero-order valence-corrected chi connectivity index (χ0v) is 15.5. The number of hydrogen-bond acceptors (Lipinski definition) is 6. The summed E-state index contributed by atoms with van der Waals surface area (Å²) in [6.45, 7) is 3.24. The third-order valence-electron chi connectivity index (χ3n) is 3.98. The lowest BCUT2D eigenvalue weighted by Gasteiger charge is -2.18. The Kier molecular flexibility index (Phi) is 6.76. The van der Waals surface area contributed by atoms with Crippen molar-refractivity contribution in [2.45, 2.75) is 26.3 Å². The number of fused-ring (bicyclic) bond motifs is 1. The average molecular weight is 373 g/mol. The number of phenolic OH excluding ortho intramolecular Hbond substituents is 1. The van der Waals surface area contributed by atoms with Crippen LogP contribution in [0.2, 0.25) is 0 Å². The quantitative estimate of drug-likeness (QED) is 0.723. The van der Waals surface area contributed by atoms with Crippen molar-refractivity contribution in [1.82, 2.24) is 5.32 Å². The zero-order valence-electron chi connectivity index (χ0n) is 15.5. The van der Waals surface area contributed by atoms with Crippen LogP contribution in [0.25, 0.3) is 10.8 Å². The first-order valence-electron chi connectivity index (χ1n) is 8.58. The summed E-state index contributed by atoms with van der Waals surface area (Å²) in [6.07, 6.45) is 0.401. The third kappa shape index (κ3) is 5.20. The number of hydrogen-bond donors (Lipinski definition) is 2. The summed E-state index contributed by atoms with van der Waals surface area (Å²) in [5, 5.41) is 14.1. The minimum absolute atomic E-state index is 0.0341. The summed E-state index contributed by atoms with van der Waals surface area (Å²) in [7, 11) is 1.24. The summed E-state index contributed by atoms with van der Waals surface area (Å²) in [5.41, 5.74) is -0.0341. The van der Waals surface area contributed by atoms with Crippen molar-refractivity contribution < 1.29 is 29.0 Å². The Morgan fingerprint density at radius 3 is 2.48 bits per heavy atom. The van der Waals surface area contributed by atoms with E-state index < -0.39 is 30.5 Å². The molecule has 2 aromatic rings. The van der Waals surface area contributed by atoms with Gasteiger partial charge in [-0.25, -0.2) is 9.59 Å². The SMILES string of the molecule is COC(=O)[C@H](CC(C)C)NC(=O)COC(=O)c1ccc2ccccc2c1O. The van der Waals surface area contributed by atoms with Crippen LogP contribution in [0.15, 0.2) is 36.4 Å². The number of carbonyl (C=O) groups excluding carboxylic acids is 3. The molecular weight excluding hydrogens is 350 g/mol. The molecule has 0 aliphatic rings. The van der Waals surface area contributed by atoms with Crippen molar-refractivity contribution >= 4 is 28.6 Å². The van der Waals surface area contributed by atoms with E-state index in [2.05, 4.69) is 10.1 Å². The highest BCUT2D eigenvalue weighted by Crippen LogP contribution is 2.28. The Morgan fingerprint density at radius 2 is 1.81 bits per heavy atom. The molecule has 0 unspecified atom stereocenters. The van der Waals surface area contributed by atoms with Gasteiger partial charge in [-0.05, 0) is 23.8 Å². The van der Waals surface area contributed by atoms with E-state index >= 15 is 0 Å². The summed E-state index contributed by atoms with van der Waals surface area (Å²) in [4.78, 5) is 36.0. The van der Waals surface area contributed by atoms with Crippen molar-refractivity contribution in [3.05, 3.63) is 42.0 Å². The van der Waals surface area contributed by atoms with Gasteiger partial charge in [-0.1, -0.05) is 44.2 Å². The number of esters is 2. The van der Waals surface area contributed by atoms with Gasteiger partial charge < -0.3 is 19.9 Å². The highest BCUT2D eigenvalue weighted by molar-refractivity contribution is 6.01. The predicted octanol–water partition coefficient (Wildman–Crippen LogP) is 2.41. The van der Waals surface area contributed by atoms with Crippen molar-refractivity contribution in [2.24, 2.45) is 5.92 Å². The molecule has 0 aliphatic heterocycles. The van der Waals surface area contributed by atoms with Gasteiger partial charge in [0, 0.05) is 5.39 Å². The normalized spacial score (nSPS) is 11.9. The number of phenols is 1. The third-order valence-corrected chi connectivity index (χ3v) is 3.98.